The molecule has 1 N–H and O–H groups in total. The molecule has 2 nitrogen and oxygen atoms in total. The highest BCUT2D eigenvalue weighted by Gasteiger charge is 2.25. The number of rotatable bonds is 8. The average Bonchev–Trinajstić information content (AvgIpc) is 3.28. The maximum atomic E-state index is 5.62. The van der Waals surface area contributed by atoms with Crippen molar-refractivity contribution in [3.63, 3.8) is 0 Å². The Balaban J connectivity index is 1.36. The van der Waals surface area contributed by atoms with Gasteiger partial charge in [0.1, 0.15) is 0 Å². The van der Waals surface area contributed by atoms with Crippen LogP contribution in [-0.2, 0) is 11.3 Å². The fourth-order valence-electron chi connectivity index (χ4n) is 2.39. The largest absolute Gasteiger partial charge is 0.380 e. The van der Waals surface area contributed by atoms with Crippen LogP contribution in [0.4, 0.5) is 0 Å². The molecule has 0 unspecified atom stereocenters. The summed E-state index contributed by atoms with van der Waals surface area (Å²) in [5.74, 6) is 1.72. The molecule has 3 rings (SSSR count). The highest BCUT2D eigenvalue weighted by atomic mass is 16.5. The van der Waals surface area contributed by atoms with Crippen LogP contribution in [0.5, 0.6) is 0 Å². The molecule has 0 amide bonds. The SMILES string of the molecule is c1ccc(C2CC2)c(CNCCOCC2CC2)c1. The van der Waals surface area contributed by atoms with Crippen molar-refractivity contribution >= 4 is 0 Å². The highest BCUT2D eigenvalue weighted by molar-refractivity contribution is 5.33. The van der Waals surface area contributed by atoms with Crippen molar-refractivity contribution in [2.45, 2.75) is 38.1 Å². The molecule has 18 heavy (non-hydrogen) atoms. The molecule has 1 aromatic rings. The molecule has 2 aliphatic carbocycles. The Morgan fingerprint density at radius 2 is 1.94 bits per heavy atom. The summed E-state index contributed by atoms with van der Waals surface area (Å²) in [6.07, 6.45) is 5.51. The normalized spacial score (nSPS) is 19.1. The summed E-state index contributed by atoms with van der Waals surface area (Å²) in [5, 5.41) is 3.49. The summed E-state index contributed by atoms with van der Waals surface area (Å²) in [5.41, 5.74) is 3.03. The zero-order chi connectivity index (χ0) is 12.2. The van der Waals surface area contributed by atoms with Crippen molar-refractivity contribution < 1.29 is 4.74 Å². The van der Waals surface area contributed by atoms with E-state index >= 15 is 0 Å². The van der Waals surface area contributed by atoms with Crippen molar-refractivity contribution in [1.29, 1.82) is 0 Å². The van der Waals surface area contributed by atoms with E-state index in [4.69, 9.17) is 4.74 Å². The molecule has 0 bridgehead atoms. The second-order valence-corrected chi connectivity index (χ2v) is 5.67. The first-order valence-electron chi connectivity index (χ1n) is 7.30. The fourth-order valence-corrected chi connectivity index (χ4v) is 2.39. The summed E-state index contributed by atoms with van der Waals surface area (Å²) in [7, 11) is 0. The molecule has 0 aromatic heterocycles. The molecular weight excluding hydrogens is 222 g/mol. The molecule has 0 saturated heterocycles. The first-order valence-corrected chi connectivity index (χ1v) is 7.30. The summed E-state index contributed by atoms with van der Waals surface area (Å²) in [6.45, 7) is 3.77. The molecule has 2 saturated carbocycles. The van der Waals surface area contributed by atoms with E-state index in [1.165, 1.54) is 31.2 Å². The van der Waals surface area contributed by atoms with Gasteiger partial charge in [0.25, 0.3) is 0 Å². The van der Waals surface area contributed by atoms with Crippen molar-refractivity contribution in [2.75, 3.05) is 19.8 Å². The first kappa shape index (κ1) is 12.2. The van der Waals surface area contributed by atoms with Gasteiger partial charge in [0.2, 0.25) is 0 Å². The summed E-state index contributed by atoms with van der Waals surface area (Å²) in [4.78, 5) is 0. The van der Waals surface area contributed by atoms with Crippen LogP contribution in [0.2, 0.25) is 0 Å². The lowest BCUT2D eigenvalue weighted by Gasteiger charge is -2.10. The van der Waals surface area contributed by atoms with Gasteiger partial charge >= 0.3 is 0 Å². The van der Waals surface area contributed by atoms with Crippen LogP contribution in [0, 0.1) is 5.92 Å². The summed E-state index contributed by atoms with van der Waals surface area (Å²) >= 11 is 0. The van der Waals surface area contributed by atoms with E-state index in [9.17, 15) is 0 Å². The Morgan fingerprint density at radius 3 is 2.72 bits per heavy atom. The van der Waals surface area contributed by atoms with Gasteiger partial charge in [-0.1, -0.05) is 24.3 Å². The average molecular weight is 245 g/mol. The Kier molecular flexibility index (Phi) is 3.96. The third-order valence-electron chi connectivity index (χ3n) is 3.86. The van der Waals surface area contributed by atoms with Crippen molar-refractivity contribution in [3.05, 3.63) is 35.4 Å². The fraction of sp³-hybridized carbons (Fsp3) is 0.625. The molecule has 0 heterocycles. The van der Waals surface area contributed by atoms with Gasteiger partial charge in [0.15, 0.2) is 0 Å². The van der Waals surface area contributed by atoms with Gasteiger partial charge in [-0.3, -0.25) is 0 Å². The molecule has 0 radical (unpaired) electrons. The van der Waals surface area contributed by atoms with Crippen LogP contribution in [0.3, 0.4) is 0 Å². The maximum absolute atomic E-state index is 5.62. The van der Waals surface area contributed by atoms with Crippen LogP contribution in [-0.4, -0.2) is 19.8 Å². The van der Waals surface area contributed by atoms with Gasteiger partial charge < -0.3 is 10.1 Å². The van der Waals surface area contributed by atoms with E-state index in [-0.39, 0.29) is 0 Å². The third kappa shape index (κ3) is 3.56. The summed E-state index contributed by atoms with van der Waals surface area (Å²) in [6, 6.07) is 8.85. The molecule has 2 fully saturated rings. The van der Waals surface area contributed by atoms with E-state index in [1.807, 2.05) is 0 Å². The van der Waals surface area contributed by atoms with Crippen molar-refractivity contribution in [1.82, 2.24) is 5.32 Å². The molecule has 2 aliphatic rings. The lowest BCUT2D eigenvalue weighted by atomic mass is 10.0. The standard InChI is InChI=1S/C16H23NO/c1-2-4-16(14-7-8-14)15(3-1)11-17-9-10-18-12-13-5-6-13/h1-4,13-14,17H,5-12H2. The van der Waals surface area contributed by atoms with Gasteiger partial charge in [-0.25, -0.2) is 0 Å². The highest BCUT2D eigenvalue weighted by Crippen LogP contribution is 2.41. The zero-order valence-electron chi connectivity index (χ0n) is 11.0. The lowest BCUT2D eigenvalue weighted by molar-refractivity contribution is 0.126. The smallest absolute Gasteiger partial charge is 0.0591 e. The topological polar surface area (TPSA) is 21.3 Å². The van der Waals surface area contributed by atoms with E-state index in [0.29, 0.717) is 0 Å². The maximum Gasteiger partial charge on any atom is 0.0591 e. The third-order valence-corrected chi connectivity index (χ3v) is 3.86. The molecule has 0 aliphatic heterocycles. The minimum Gasteiger partial charge on any atom is -0.380 e. The lowest BCUT2D eigenvalue weighted by Crippen LogP contribution is -2.20. The van der Waals surface area contributed by atoms with Crippen LogP contribution < -0.4 is 5.32 Å². The quantitative estimate of drug-likeness (QED) is 0.711. The van der Waals surface area contributed by atoms with E-state index < -0.39 is 0 Å². The van der Waals surface area contributed by atoms with Gasteiger partial charge in [-0.15, -0.1) is 0 Å². The van der Waals surface area contributed by atoms with E-state index in [2.05, 4.69) is 29.6 Å². The molecule has 2 heteroatoms. The molecule has 0 spiro atoms. The van der Waals surface area contributed by atoms with Gasteiger partial charge in [0.05, 0.1) is 6.61 Å². The molecule has 1 aromatic carbocycles. The minimum absolute atomic E-state index is 0.842. The molecule has 98 valence electrons. The first-order chi connectivity index (χ1) is 8.93. The second kappa shape index (κ2) is 5.85. The van der Waals surface area contributed by atoms with E-state index in [1.54, 1.807) is 5.56 Å². The van der Waals surface area contributed by atoms with Gasteiger partial charge in [-0.2, -0.15) is 0 Å². The van der Waals surface area contributed by atoms with E-state index in [0.717, 1.165) is 38.1 Å². The Bertz CT molecular complexity index is 382. The van der Waals surface area contributed by atoms with Crippen LogP contribution in [0.15, 0.2) is 24.3 Å². The Hall–Kier alpha value is -0.860. The monoisotopic (exact) mass is 245 g/mol. The van der Waals surface area contributed by atoms with Crippen molar-refractivity contribution in [2.24, 2.45) is 5.92 Å². The van der Waals surface area contributed by atoms with Crippen LogP contribution >= 0.6 is 0 Å². The van der Waals surface area contributed by atoms with Crippen LogP contribution in [0.1, 0.15) is 42.7 Å². The summed E-state index contributed by atoms with van der Waals surface area (Å²) < 4.78 is 5.62. The molecular formula is C16H23NO. The van der Waals surface area contributed by atoms with Crippen molar-refractivity contribution in [3.8, 4) is 0 Å². The predicted molar refractivity (Wildman–Crippen MR) is 73.7 cm³/mol. The number of ether oxygens (including phenoxy) is 1. The number of hydrogen-bond donors (Lipinski definition) is 1. The Morgan fingerprint density at radius 1 is 1.11 bits per heavy atom. The molecule has 0 atom stereocenters. The van der Waals surface area contributed by atoms with Gasteiger partial charge in [0, 0.05) is 19.7 Å². The Labute approximate surface area is 110 Å². The number of hydrogen-bond acceptors (Lipinski definition) is 2. The number of benzene rings is 1. The predicted octanol–water partition coefficient (Wildman–Crippen LogP) is 3.08. The van der Waals surface area contributed by atoms with Crippen LogP contribution in [0.25, 0.3) is 0 Å². The minimum atomic E-state index is 0.842. The number of nitrogens with one attached hydrogen (secondary N) is 1. The zero-order valence-corrected chi connectivity index (χ0v) is 11.0. The second-order valence-electron chi connectivity index (χ2n) is 5.67. The van der Waals surface area contributed by atoms with Gasteiger partial charge in [-0.05, 0) is 48.6 Å².